The largest absolute Gasteiger partial charge is 0.493 e. The molecule has 0 spiro atoms. The van der Waals surface area contributed by atoms with Crippen LogP contribution in [-0.4, -0.2) is 44.9 Å². The fraction of sp³-hybridized carbons (Fsp3) is 0.391. The molecule has 1 aliphatic heterocycles. The zero-order valence-corrected chi connectivity index (χ0v) is 18.1. The van der Waals surface area contributed by atoms with Crippen molar-refractivity contribution in [3.63, 3.8) is 0 Å². The van der Waals surface area contributed by atoms with Crippen molar-refractivity contribution in [2.24, 2.45) is 17.1 Å². The predicted molar refractivity (Wildman–Crippen MR) is 113 cm³/mol. The van der Waals surface area contributed by atoms with E-state index in [1.165, 1.54) is 19.1 Å². The van der Waals surface area contributed by atoms with Gasteiger partial charge in [-0.25, -0.2) is 4.79 Å². The van der Waals surface area contributed by atoms with E-state index in [2.05, 4.69) is 18.2 Å². The van der Waals surface area contributed by atoms with Gasteiger partial charge in [0.15, 0.2) is 16.9 Å². The van der Waals surface area contributed by atoms with Crippen molar-refractivity contribution in [3.8, 4) is 29.7 Å². The number of nitrogens with two attached hydrogens (primary N) is 1. The van der Waals surface area contributed by atoms with Crippen LogP contribution in [-0.2, 0) is 4.74 Å². The molecule has 1 amide bonds. The van der Waals surface area contributed by atoms with Crippen LogP contribution in [0.25, 0.3) is 0 Å². The van der Waals surface area contributed by atoms with Gasteiger partial charge in [-0.2, -0.15) is 15.8 Å². The lowest BCUT2D eigenvalue weighted by Crippen LogP contribution is -2.49. The summed E-state index contributed by atoms with van der Waals surface area (Å²) in [6, 6.07) is 11.3. The Labute approximate surface area is 186 Å². The predicted octanol–water partition coefficient (Wildman–Crippen LogP) is 2.59. The minimum Gasteiger partial charge on any atom is -0.493 e. The Balaban J connectivity index is 2.26. The standard InChI is InChI=1S/C23H23N5O4/c1-4-32-22(29)28-8-7-15-16(10-24)21(27)23(12-25,13-26)20(17(15)11-28)14-5-6-18(30-2)19(9-14)31-3/h5-7,9,17,20H,4,8,11,27H2,1-3H3/t17-,20+/m1/s1. The SMILES string of the molecule is CCOC(=O)N1CC=C2C(C#N)=C(N)C(C#N)(C#N)[C@@H](c3ccc(OC)c(OC)c3)[C@@H]2C1. The Bertz CT molecular complexity index is 1100. The minimum absolute atomic E-state index is 0.0862. The molecular formula is C23H23N5O4. The molecule has 1 aromatic rings. The van der Waals surface area contributed by atoms with Crippen LogP contribution in [0.1, 0.15) is 18.4 Å². The highest BCUT2D eigenvalue weighted by Crippen LogP contribution is 2.54. The Kier molecular flexibility index (Phi) is 6.27. The van der Waals surface area contributed by atoms with Gasteiger partial charge in [0, 0.05) is 24.9 Å². The Morgan fingerprint density at radius 1 is 1.22 bits per heavy atom. The van der Waals surface area contributed by atoms with Crippen LogP contribution in [0.4, 0.5) is 4.79 Å². The van der Waals surface area contributed by atoms with Crippen molar-refractivity contribution in [3.05, 3.63) is 46.7 Å². The summed E-state index contributed by atoms with van der Waals surface area (Å²) >= 11 is 0. The molecule has 0 bridgehead atoms. The van der Waals surface area contributed by atoms with E-state index in [0.717, 1.165) is 0 Å². The number of hydrogen-bond donors (Lipinski definition) is 1. The maximum absolute atomic E-state index is 12.4. The first-order valence-electron chi connectivity index (χ1n) is 9.99. The van der Waals surface area contributed by atoms with E-state index >= 15 is 0 Å². The number of nitriles is 3. The number of methoxy groups -OCH3 is 2. The third kappa shape index (κ3) is 3.36. The van der Waals surface area contributed by atoms with Crippen molar-refractivity contribution in [2.45, 2.75) is 12.8 Å². The molecule has 0 fully saturated rings. The fourth-order valence-corrected chi connectivity index (χ4v) is 4.47. The van der Waals surface area contributed by atoms with Crippen LogP contribution in [0, 0.1) is 45.3 Å². The number of fused-ring (bicyclic) bond motifs is 1. The highest BCUT2D eigenvalue weighted by molar-refractivity contribution is 5.69. The molecule has 32 heavy (non-hydrogen) atoms. The van der Waals surface area contributed by atoms with Crippen molar-refractivity contribution in [2.75, 3.05) is 33.9 Å². The van der Waals surface area contributed by atoms with E-state index < -0.39 is 23.3 Å². The molecule has 1 aromatic carbocycles. The second-order valence-corrected chi connectivity index (χ2v) is 7.39. The number of amides is 1. The van der Waals surface area contributed by atoms with Crippen LogP contribution in [0.3, 0.4) is 0 Å². The van der Waals surface area contributed by atoms with Gasteiger partial charge in [-0.05, 0) is 30.2 Å². The highest BCUT2D eigenvalue weighted by atomic mass is 16.6. The number of hydrogen-bond acceptors (Lipinski definition) is 8. The van der Waals surface area contributed by atoms with Crippen LogP contribution < -0.4 is 15.2 Å². The molecular weight excluding hydrogens is 410 g/mol. The molecule has 0 saturated heterocycles. The van der Waals surface area contributed by atoms with E-state index in [1.807, 2.05) is 0 Å². The smallest absolute Gasteiger partial charge is 0.410 e. The molecule has 2 N–H and O–H groups in total. The minimum atomic E-state index is -1.82. The van der Waals surface area contributed by atoms with Crippen molar-refractivity contribution < 1.29 is 19.0 Å². The van der Waals surface area contributed by atoms with Crippen molar-refractivity contribution in [1.29, 1.82) is 15.8 Å². The summed E-state index contributed by atoms with van der Waals surface area (Å²) in [5, 5.41) is 30.1. The monoisotopic (exact) mass is 433 g/mol. The third-order valence-corrected chi connectivity index (χ3v) is 5.96. The zero-order valence-electron chi connectivity index (χ0n) is 18.1. The van der Waals surface area contributed by atoms with E-state index in [9.17, 15) is 20.6 Å². The quantitative estimate of drug-likeness (QED) is 0.762. The second kappa shape index (κ2) is 8.91. The molecule has 0 aromatic heterocycles. The molecule has 3 rings (SSSR count). The van der Waals surface area contributed by atoms with E-state index in [-0.39, 0.29) is 31.0 Å². The number of benzene rings is 1. The molecule has 1 aliphatic carbocycles. The van der Waals surface area contributed by atoms with Crippen molar-refractivity contribution >= 4 is 6.09 Å². The van der Waals surface area contributed by atoms with Gasteiger partial charge in [0.2, 0.25) is 0 Å². The van der Waals surface area contributed by atoms with Gasteiger partial charge >= 0.3 is 6.09 Å². The normalized spacial score (nSPS) is 21.2. The average molecular weight is 433 g/mol. The molecule has 2 atom stereocenters. The molecule has 0 radical (unpaired) electrons. The van der Waals surface area contributed by atoms with E-state index in [0.29, 0.717) is 22.6 Å². The van der Waals surface area contributed by atoms with Crippen LogP contribution in [0.5, 0.6) is 11.5 Å². The number of allylic oxidation sites excluding steroid dienone is 2. The summed E-state index contributed by atoms with van der Waals surface area (Å²) < 4.78 is 15.9. The Hall–Kier alpha value is -4.16. The Morgan fingerprint density at radius 3 is 2.47 bits per heavy atom. The fourth-order valence-electron chi connectivity index (χ4n) is 4.47. The highest BCUT2D eigenvalue weighted by Gasteiger charge is 2.55. The lowest BCUT2D eigenvalue weighted by molar-refractivity contribution is 0.0999. The van der Waals surface area contributed by atoms with Gasteiger partial charge < -0.3 is 24.8 Å². The summed E-state index contributed by atoms with van der Waals surface area (Å²) in [5.41, 5.74) is 5.73. The first-order valence-corrected chi connectivity index (χ1v) is 9.99. The third-order valence-electron chi connectivity index (χ3n) is 5.96. The van der Waals surface area contributed by atoms with Gasteiger partial charge in [0.25, 0.3) is 0 Å². The average Bonchev–Trinajstić information content (AvgIpc) is 2.82. The molecule has 9 nitrogen and oxygen atoms in total. The second-order valence-electron chi connectivity index (χ2n) is 7.39. The van der Waals surface area contributed by atoms with Gasteiger partial charge in [-0.3, -0.25) is 0 Å². The first-order chi connectivity index (χ1) is 15.4. The van der Waals surface area contributed by atoms with Gasteiger partial charge in [-0.15, -0.1) is 0 Å². The van der Waals surface area contributed by atoms with Gasteiger partial charge in [0.1, 0.15) is 6.07 Å². The number of nitrogens with zero attached hydrogens (tertiary/aromatic N) is 4. The van der Waals surface area contributed by atoms with Crippen molar-refractivity contribution in [1.82, 2.24) is 4.90 Å². The van der Waals surface area contributed by atoms with E-state index in [4.69, 9.17) is 19.9 Å². The topological polar surface area (TPSA) is 145 Å². The van der Waals surface area contributed by atoms with E-state index in [1.54, 1.807) is 31.2 Å². The molecule has 164 valence electrons. The summed E-state index contributed by atoms with van der Waals surface area (Å²) in [7, 11) is 2.99. The molecule has 1 heterocycles. The summed E-state index contributed by atoms with van der Waals surface area (Å²) in [6.07, 6.45) is 1.23. The van der Waals surface area contributed by atoms with Crippen LogP contribution in [0.15, 0.2) is 41.1 Å². The number of carbonyl (C=O) groups excluding carboxylic acids is 1. The first kappa shape index (κ1) is 22.5. The number of ether oxygens (including phenoxy) is 3. The Morgan fingerprint density at radius 2 is 1.91 bits per heavy atom. The maximum Gasteiger partial charge on any atom is 0.410 e. The lowest BCUT2D eigenvalue weighted by Gasteiger charge is -2.45. The number of rotatable bonds is 4. The zero-order chi connectivity index (χ0) is 23.5. The molecule has 2 aliphatic rings. The molecule has 0 unspecified atom stereocenters. The number of carbonyl (C=O) groups is 1. The van der Waals surface area contributed by atoms with Crippen LogP contribution in [0.2, 0.25) is 0 Å². The summed E-state index contributed by atoms with van der Waals surface area (Å²) in [5.74, 6) is -0.391. The van der Waals surface area contributed by atoms with Gasteiger partial charge in [-0.1, -0.05) is 12.1 Å². The molecule has 9 heteroatoms. The lowest BCUT2D eigenvalue weighted by atomic mass is 9.58. The molecule has 0 saturated carbocycles. The summed E-state index contributed by atoms with van der Waals surface area (Å²) in [4.78, 5) is 13.9. The van der Waals surface area contributed by atoms with Gasteiger partial charge in [0.05, 0.1) is 44.2 Å². The van der Waals surface area contributed by atoms with Crippen LogP contribution >= 0.6 is 0 Å². The summed E-state index contributed by atoms with van der Waals surface area (Å²) in [6.45, 7) is 2.32. The maximum atomic E-state index is 12.4.